The SMILES string of the molecule is CCCCOCCOC(=O)c1cc2c(cc1N)OCO2. The first-order valence-electron chi connectivity index (χ1n) is 6.66. The molecule has 0 unspecified atom stereocenters. The lowest BCUT2D eigenvalue weighted by molar-refractivity contribution is 0.0314. The largest absolute Gasteiger partial charge is 0.460 e. The van der Waals surface area contributed by atoms with Crippen molar-refractivity contribution < 1.29 is 23.7 Å². The molecule has 6 heteroatoms. The predicted molar refractivity (Wildman–Crippen MR) is 73.0 cm³/mol. The normalized spacial score (nSPS) is 12.4. The number of esters is 1. The molecule has 0 fully saturated rings. The van der Waals surface area contributed by atoms with Crippen LogP contribution in [0.4, 0.5) is 5.69 Å². The van der Waals surface area contributed by atoms with Gasteiger partial charge in [0, 0.05) is 18.7 Å². The van der Waals surface area contributed by atoms with Crippen LogP contribution in [0.15, 0.2) is 12.1 Å². The van der Waals surface area contributed by atoms with Crippen molar-refractivity contribution in [3.05, 3.63) is 17.7 Å². The van der Waals surface area contributed by atoms with Crippen LogP contribution in [0.2, 0.25) is 0 Å². The van der Waals surface area contributed by atoms with E-state index < -0.39 is 5.97 Å². The number of benzene rings is 1. The van der Waals surface area contributed by atoms with Gasteiger partial charge >= 0.3 is 5.97 Å². The molecule has 2 N–H and O–H groups in total. The highest BCUT2D eigenvalue weighted by atomic mass is 16.7. The van der Waals surface area contributed by atoms with Gasteiger partial charge < -0.3 is 24.7 Å². The Morgan fingerprint density at radius 2 is 2.00 bits per heavy atom. The van der Waals surface area contributed by atoms with Crippen LogP contribution in [0.5, 0.6) is 11.5 Å². The minimum atomic E-state index is -0.486. The Hall–Kier alpha value is -1.95. The number of ether oxygens (including phenoxy) is 4. The summed E-state index contributed by atoms with van der Waals surface area (Å²) in [5.41, 5.74) is 6.39. The Morgan fingerprint density at radius 3 is 2.75 bits per heavy atom. The fourth-order valence-electron chi connectivity index (χ4n) is 1.75. The van der Waals surface area contributed by atoms with Crippen molar-refractivity contribution in [3.63, 3.8) is 0 Å². The first-order valence-corrected chi connectivity index (χ1v) is 6.66. The fraction of sp³-hybridized carbons (Fsp3) is 0.500. The van der Waals surface area contributed by atoms with Gasteiger partial charge in [0.25, 0.3) is 0 Å². The molecule has 0 saturated carbocycles. The highest BCUT2D eigenvalue weighted by Gasteiger charge is 2.20. The number of rotatable bonds is 7. The second-order valence-corrected chi connectivity index (χ2v) is 4.39. The third-order valence-corrected chi connectivity index (χ3v) is 2.87. The molecule has 20 heavy (non-hydrogen) atoms. The van der Waals surface area contributed by atoms with Crippen LogP contribution in [-0.4, -0.2) is 32.6 Å². The van der Waals surface area contributed by atoms with Gasteiger partial charge in [-0.25, -0.2) is 4.79 Å². The van der Waals surface area contributed by atoms with Gasteiger partial charge in [0.15, 0.2) is 11.5 Å². The number of fused-ring (bicyclic) bond motifs is 1. The Balaban J connectivity index is 1.83. The van der Waals surface area contributed by atoms with Crippen LogP contribution in [0.25, 0.3) is 0 Å². The number of carbonyl (C=O) groups is 1. The summed E-state index contributed by atoms with van der Waals surface area (Å²) in [7, 11) is 0. The molecule has 0 aliphatic carbocycles. The Bertz CT molecular complexity index is 475. The molecule has 0 saturated heterocycles. The second-order valence-electron chi connectivity index (χ2n) is 4.39. The van der Waals surface area contributed by atoms with Gasteiger partial charge in [0.05, 0.1) is 17.9 Å². The van der Waals surface area contributed by atoms with E-state index in [1.807, 2.05) is 0 Å². The van der Waals surface area contributed by atoms with E-state index in [1.54, 1.807) is 6.07 Å². The van der Waals surface area contributed by atoms with E-state index >= 15 is 0 Å². The van der Waals surface area contributed by atoms with Crippen molar-refractivity contribution in [1.29, 1.82) is 0 Å². The number of hydrogen-bond acceptors (Lipinski definition) is 6. The highest BCUT2D eigenvalue weighted by molar-refractivity contribution is 5.96. The maximum Gasteiger partial charge on any atom is 0.340 e. The van der Waals surface area contributed by atoms with Crippen molar-refractivity contribution >= 4 is 11.7 Å². The van der Waals surface area contributed by atoms with Gasteiger partial charge in [-0.1, -0.05) is 13.3 Å². The molecule has 1 aliphatic rings. The number of unbranched alkanes of at least 4 members (excludes halogenated alkanes) is 1. The van der Waals surface area contributed by atoms with Crippen LogP contribution in [0.1, 0.15) is 30.1 Å². The van der Waals surface area contributed by atoms with Crippen LogP contribution in [0.3, 0.4) is 0 Å². The van der Waals surface area contributed by atoms with Crippen molar-refractivity contribution in [2.75, 3.05) is 32.3 Å². The summed E-state index contributed by atoms with van der Waals surface area (Å²) in [5, 5.41) is 0. The summed E-state index contributed by atoms with van der Waals surface area (Å²) in [6.07, 6.45) is 2.08. The molecule has 0 spiro atoms. The molecule has 0 aromatic heterocycles. The molecule has 6 nitrogen and oxygen atoms in total. The molecular formula is C14H19NO5. The lowest BCUT2D eigenvalue weighted by atomic mass is 10.1. The highest BCUT2D eigenvalue weighted by Crippen LogP contribution is 2.36. The lowest BCUT2D eigenvalue weighted by Gasteiger charge is -2.08. The molecular weight excluding hydrogens is 262 g/mol. The van der Waals surface area contributed by atoms with E-state index in [2.05, 4.69) is 6.92 Å². The zero-order chi connectivity index (χ0) is 14.4. The lowest BCUT2D eigenvalue weighted by Crippen LogP contribution is -2.13. The zero-order valence-corrected chi connectivity index (χ0v) is 11.5. The van der Waals surface area contributed by atoms with Crippen molar-refractivity contribution in [3.8, 4) is 11.5 Å². The molecule has 0 amide bonds. The summed E-state index contributed by atoms with van der Waals surface area (Å²) >= 11 is 0. The average molecular weight is 281 g/mol. The van der Waals surface area contributed by atoms with Crippen molar-refractivity contribution in [1.82, 2.24) is 0 Å². The maximum absolute atomic E-state index is 11.9. The van der Waals surface area contributed by atoms with Crippen molar-refractivity contribution in [2.24, 2.45) is 0 Å². The summed E-state index contributed by atoms with van der Waals surface area (Å²) in [4.78, 5) is 11.9. The second kappa shape index (κ2) is 7.00. The molecule has 1 aromatic rings. The summed E-state index contributed by atoms with van der Waals surface area (Å²) in [6.45, 7) is 3.50. The standard InChI is InChI=1S/C14H19NO5/c1-2-3-4-17-5-6-18-14(16)10-7-12-13(8-11(10)15)20-9-19-12/h7-8H,2-6,9,15H2,1H3. The molecule has 1 aliphatic heterocycles. The van der Waals surface area contributed by atoms with Crippen LogP contribution in [0, 0.1) is 0 Å². The Labute approximate surface area is 117 Å². The Kier molecular flexibility index (Phi) is 5.06. The molecule has 0 bridgehead atoms. The number of nitrogens with two attached hydrogens (primary N) is 1. The maximum atomic E-state index is 11.9. The topological polar surface area (TPSA) is 80.0 Å². The summed E-state index contributed by atoms with van der Waals surface area (Å²) < 4.78 is 20.8. The van der Waals surface area contributed by atoms with Crippen molar-refractivity contribution in [2.45, 2.75) is 19.8 Å². The van der Waals surface area contributed by atoms with E-state index in [1.165, 1.54) is 6.07 Å². The fourth-order valence-corrected chi connectivity index (χ4v) is 1.75. The first kappa shape index (κ1) is 14.5. The molecule has 110 valence electrons. The van der Waals surface area contributed by atoms with E-state index in [4.69, 9.17) is 24.7 Å². The molecule has 0 radical (unpaired) electrons. The Morgan fingerprint density at radius 1 is 1.25 bits per heavy atom. The predicted octanol–water partition coefficient (Wildman–Crippen LogP) is 1.97. The van der Waals surface area contributed by atoms with Crippen LogP contribution < -0.4 is 15.2 Å². The number of nitrogen functional groups attached to an aromatic ring is 1. The first-order chi connectivity index (χ1) is 9.72. The van der Waals surface area contributed by atoms with Gasteiger partial charge in [0.2, 0.25) is 6.79 Å². The van der Waals surface area contributed by atoms with E-state index in [0.717, 1.165) is 12.8 Å². The van der Waals surface area contributed by atoms with Gasteiger partial charge in [-0.15, -0.1) is 0 Å². The summed E-state index contributed by atoms with van der Waals surface area (Å²) in [5.74, 6) is 0.562. The number of carbonyl (C=O) groups excluding carboxylic acids is 1. The third kappa shape index (κ3) is 3.54. The monoisotopic (exact) mass is 281 g/mol. The van der Waals surface area contributed by atoms with Gasteiger partial charge in [-0.2, -0.15) is 0 Å². The minimum absolute atomic E-state index is 0.137. The van der Waals surface area contributed by atoms with E-state index in [0.29, 0.717) is 30.4 Å². The average Bonchev–Trinajstić information content (AvgIpc) is 2.88. The zero-order valence-electron chi connectivity index (χ0n) is 11.5. The van der Waals surface area contributed by atoms with Gasteiger partial charge in [-0.3, -0.25) is 0 Å². The molecule has 1 aromatic carbocycles. The molecule has 1 heterocycles. The molecule has 0 atom stereocenters. The quantitative estimate of drug-likeness (QED) is 0.467. The summed E-state index contributed by atoms with van der Waals surface area (Å²) in [6, 6.07) is 3.11. The van der Waals surface area contributed by atoms with Crippen LogP contribution >= 0.6 is 0 Å². The van der Waals surface area contributed by atoms with E-state index in [9.17, 15) is 4.79 Å². The smallest absolute Gasteiger partial charge is 0.340 e. The number of hydrogen-bond donors (Lipinski definition) is 1. The number of anilines is 1. The van der Waals surface area contributed by atoms with Crippen LogP contribution in [-0.2, 0) is 9.47 Å². The molecule has 2 rings (SSSR count). The van der Waals surface area contributed by atoms with Gasteiger partial charge in [-0.05, 0) is 6.42 Å². The minimum Gasteiger partial charge on any atom is -0.460 e. The third-order valence-electron chi connectivity index (χ3n) is 2.87. The van der Waals surface area contributed by atoms with Gasteiger partial charge in [0.1, 0.15) is 6.61 Å². The van der Waals surface area contributed by atoms with E-state index in [-0.39, 0.29) is 19.0 Å².